The maximum absolute atomic E-state index is 5.07. The summed E-state index contributed by atoms with van der Waals surface area (Å²) in [6.45, 7) is 0. The van der Waals surface area contributed by atoms with Gasteiger partial charge in [-0.3, -0.25) is 0 Å². The Balaban J connectivity index is 1.02. The van der Waals surface area contributed by atoms with Gasteiger partial charge in [-0.15, -0.1) is 0 Å². The van der Waals surface area contributed by atoms with Crippen LogP contribution >= 0.6 is 0 Å². The molecule has 3 nitrogen and oxygen atoms in total. The van der Waals surface area contributed by atoms with E-state index in [2.05, 4.69) is 163 Å². The first-order chi connectivity index (χ1) is 26.7. The number of allylic oxidation sites excluding steroid dienone is 1. The Labute approximate surface area is 315 Å². The first kappa shape index (κ1) is 31.9. The number of amidine groups is 2. The van der Waals surface area contributed by atoms with Crippen LogP contribution in [0.4, 0.5) is 0 Å². The third kappa shape index (κ3) is 5.90. The fourth-order valence-corrected chi connectivity index (χ4v) is 8.16. The lowest BCUT2D eigenvalue weighted by atomic mass is 9.76. The summed E-state index contributed by atoms with van der Waals surface area (Å²) < 4.78 is 0. The second-order valence-corrected chi connectivity index (χ2v) is 14.2. The van der Waals surface area contributed by atoms with Gasteiger partial charge in [0, 0.05) is 17.0 Å². The van der Waals surface area contributed by atoms with Crippen molar-refractivity contribution < 1.29 is 0 Å². The number of aliphatic imine (C=N–C) groups is 2. The highest BCUT2D eigenvalue weighted by Gasteiger charge is 2.25. The van der Waals surface area contributed by atoms with Gasteiger partial charge >= 0.3 is 0 Å². The van der Waals surface area contributed by atoms with Gasteiger partial charge in [0.05, 0.1) is 0 Å². The first-order valence-corrected chi connectivity index (χ1v) is 18.7. The third-order valence-electron chi connectivity index (χ3n) is 10.9. The van der Waals surface area contributed by atoms with Crippen molar-refractivity contribution in [3.05, 3.63) is 233 Å². The lowest BCUT2D eigenvalue weighted by molar-refractivity contribution is 0.674. The molecule has 2 aliphatic rings. The molecule has 10 rings (SSSR count). The molecule has 0 amide bonds. The predicted molar refractivity (Wildman–Crippen MR) is 225 cm³/mol. The molecule has 1 aliphatic heterocycles. The summed E-state index contributed by atoms with van der Waals surface area (Å²) in [5, 5.41) is 8.68. The molecule has 0 saturated carbocycles. The van der Waals surface area contributed by atoms with Crippen LogP contribution in [0.5, 0.6) is 0 Å². The van der Waals surface area contributed by atoms with E-state index in [-0.39, 0.29) is 6.17 Å². The van der Waals surface area contributed by atoms with E-state index in [9.17, 15) is 0 Å². The van der Waals surface area contributed by atoms with Crippen molar-refractivity contribution in [3.8, 4) is 11.1 Å². The number of hydrogen-bond acceptors (Lipinski definition) is 3. The zero-order valence-electron chi connectivity index (χ0n) is 29.7. The Hall–Kier alpha value is -6.84. The maximum atomic E-state index is 5.07. The molecule has 1 N–H and O–H groups in total. The highest BCUT2D eigenvalue weighted by atomic mass is 15.2. The van der Waals surface area contributed by atoms with E-state index < -0.39 is 0 Å². The highest BCUT2D eigenvalue weighted by molar-refractivity contribution is 6.13. The van der Waals surface area contributed by atoms with E-state index in [1.54, 1.807) is 0 Å². The Morgan fingerprint density at radius 3 is 1.96 bits per heavy atom. The van der Waals surface area contributed by atoms with Gasteiger partial charge in [0.25, 0.3) is 0 Å². The molecular formula is C51H37N3. The molecule has 1 heterocycles. The minimum absolute atomic E-state index is 0.260. The van der Waals surface area contributed by atoms with Crippen LogP contribution in [0.2, 0.25) is 0 Å². The number of nitrogens with one attached hydrogen (secondary N) is 1. The van der Waals surface area contributed by atoms with Gasteiger partial charge in [0.15, 0.2) is 5.84 Å². The lowest BCUT2D eigenvalue weighted by Crippen LogP contribution is -2.33. The van der Waals surface area contributed by atoms with E-state index in [1.165, 1.54) is 60.5 Å². The summed E-state index contributed by atoms with van der Waals surface area (Å²) in [5.74, 6) is 1.86. The Kier molecular flexibility index (Phi) is 8.03. The topological polar surface area (TPSA) is 36.8 Å². The molecule has 256 valence electrons. The molecule has 8 aromatic rings. The first-order valence-electron chi connectivity index (χ1n) is 18.7. The summed E-state index contributed by atoms with van der Waals surface area (Å²) in [7, 11) is 0. The normalized spacial score (nSPS) is 16.6. The molecule has 2 unspecified atom stereocenters. The van der Waals surface area contributed by atoms with E-state index in [4.69, 9.17) is 9.98 Å². The second kappa shape index (κ2) is 13.6. The van der Waals surface area contributed by atoms with E-state index in [0.29, 0.717) is 5.92 Å². The number of fused-ring (bicyclic) bond motifs is 4. The van der Waals surface area contributed by atoms with Crippen LogP contribution in [-0.4, -0.2) is 11.7 Å². The smallest absolute Gasteiger partial charge is 0.159 e. The van der Waals surface area contributed by atoms with Gasteiger partial charge in [0.1, 0.15) is 12.0 Å². The van der Waals surface area contributed by atoms with Crippen LogP contribution in [0.25, 0.3) is 38.2 Å². The van der Waals surface area contributed by atoms with Crippen molar-refractivity contribution in [3.63, 3.8) is 0 Å². The molecular weight excluding hydrogens is 655 g/mol. The van der Waals surface area contributed by atoms with E-state index in [0.717, 1.165) is 34.8 Å². The summed E-state index contributed by atoms with van der Waals surface area (Å²) in [6.07, 6.45) is 3.24. The zero-order chi connectivity index (χ0) is 35.8. The summed E-state index contributed by atoms with van der Waals surface area (Å²) in [6, 6.07) is 67.3. The SMILES string of the molecule is C1=C(c2cccc3ccccc23)c2c(ccc3cc(-c4ccc(C5N=C(c6ccccc6)N=C(c6ccccc6)N5)cc4)ccc23)CC1c1ccccc1. The number of hydrogen-bond donors (Lipinski definition) is 1. The van der Waals surface area contributed by atoms with Crippen molar-refractivity contribution in [1.82, 2.24) is 5.32 Å². The van der Waals surface area contributed by atoms with Crippen molar-refractivity contribution in [2.24, 2.45) is 9.98 Å². The number of benzene rings is 8. The van der Waals surface area contributed by atoms with Crippen LogP contribution in [0.1, 0.15) is 51.0 Å². The zero-order valence-corrected chi connectivity index (χ0v) is 29.7. The second-order valence-electron chi connectivity index (χ2n) is 14.2. The molecule has 0 saturated heterocycles. The highest BCUT2D eigenvalue weighted by Crippen LogP contribution is 2.44. The number of rotatable bonds is 6. The number of nitrogens with zero attached hydrogens (tertiary/aromatic N) is 2. The average Bonchev–Trinajstić information content (AvgIpc) is 3.26. The molecule has 54 heavy (non-hydrogen) atoms. The van der Waals surface area contributed by atoms with Crippen molar-refractivity contribution in [2.45, 2.75) is 18.5 Å². The predicted octanol–water partition coefficient (Wildman–Crippen LogP) is 11.9. The quantitative estimate of drug-likeness (QED) is 0.185. The van der Waals surface area contributed by atoms with E-state index in [1.807, 2.05) is 36.4 Å². The monoisotopic (exact) mass is 691 g/mol. The van der Waals surface area contributed by atoms with Gasteiger partial charge in [-0.25, -0.2) is 9.98 Å². The molecule has 0 bridgehead atoms. The summed E-state index contributed by atoms with van der Waals surface area (Å²) in [5.41, 5.74) is 12.2. The van der Waals surface area contributed by atoms with Crippen molar-refractivity contribution in [2.75, 3.05) is 0 Å². The Morgan fingerprint density at radius 2 is 1.17 bits per heavy atom. The Morgan fingerprint density at radius 1 is 0.481 bits per heavy atom. The molecule has 0 fully saturated rings. The third-order valence-corrected chi connectivity index (χ3v) is 10.9. The minimum Gasteiger partial charge on any atom is -0.344 e. The molecule has 8 aromatic carbocycles. The molecule has 1 aliphatic carbocycles. The lowest BCUT2D eigenvalue weighted by Gasteiger charge is -2.27. The van der Waals surface area contributed by atoms with Crippen LogP contribution < -0.4 is 5.32 Å². The molecule has 0 aromatic heterocycles. The summed E-state index contributed by atoms with van der Waals surface area (Å²) in [4.78, 5) is 10.0. The van der Waals surface area contributed by atoms with Crippen LogP contribution in [0, 0.1) is 0 Å². The Bertz CT molecular complexity index is 2740. The molecule has 0 spiro atoms. The van der Waals surface area contributed by atoms with Gasteiger partial charge in [-0.05, 0) is 78.5 Å². The van der Waals surface area contributed by atoms with Crippen LogP contribution in [-0.2, 0) is 6.42 Å². The van der Waals surface area contributed by atoms with Crippen molar-refractivity contribution >= 4 is 38.8 Å². The summed E-state index contributed by atoms with van der Waals surface area (Å²) >= 11 is 0. The minimum atomic E-state index is -0.260. The fourth-order valence-electron chi connectivity index (χ4n) is 8.16. The molecule has 3 heteroatoms. The molecule has 2 atom stereocenters. The van der Waals surface area contributed by atoms with Crippen molar-refractivity contribution in [1.29, 1.82) is 0 Å². The largest absolute Gasteiger partial charge is 0.344 e. The fraction of sp³-hybridized carbons (Fsp3) is 0.0588. The molecule has 0 radical (unpaired) electrons. The van der Waals surface area contributed by atoms with Gasteiger partial charge in [-0.1, -0.05) is 188 Å². The standard InChI is InChI=1S/C51H37N3/c1-4-13-34(14-5-1)43-32-42-28-27-41-31-40(29-30-45(41)48(42)47(33-43)46-22-12-20-36-15-10-11-21-44(36)46)35-23-25-39(26-24-35)51-53-49(37-16-6-2-7-17-37)52-50(54-51)38-18-8-3-9-19-38/h1-31,33,43,51H,32H2,(H,52,53,54). The van der Waals surface area contributed by atoms with Gasteiger partial charge in [-0.2, -0.15) is 0 Å². The van der Waals surface area contributed by atoms with Gasteiger partial charge < -0.3 is 5.32 Å². The van der Waals surface area contributed by atoms with Gasteiger partial charge in [0.2, 0.25) is 0 Å². The van der Waals surface area contributed by atoms with Crippen LogP contribution in [0.15, 0.2) is 204 Å². The maximum Gasteiger partial charge on any atom is 0.159 e. The van der Waals surface area contributed by atoms with Crippen LogP contribution in [0.3, 0.4) is 0 Å². The average molecular weight is 692 g/mol. The van der Waals surface area contributed by atoms with E-state index >= 15 is 0 Å².